The normalized spacial score (nSPS) is 35.4. The van der Waals surface area contributed by atoms with Gasteiger partial charge in [-0.15, -0.1) is 0 Å². The molecule has 1 heterocycles. The second-order valence-electron chi connectivity index (χ2n) is 3.38. The summed E-state index contributed by atoms with van der Waals surface area (Å²) in [6.45, 7) is 2.20. The number of nitrogens with zero attached hydrogens (tertiary/aromatic N) is 1. The van der Waals surface area contributed by atoms with Gasteiger partial charge in [0.1, 0.15) is 0 Å². The largest absolute Gasteiger partial charge is 0.362 e. The third-order valence-corrected chi connectivity index (χ3v) is 3.38. The number of hydrogen-bond donors (Lipinski definition) is 1. The third-order valence-electron chi connectivity index (χ3n) is 2.21. The molecule has 0 amide bonds. The molecular formula is C8H14N2S. The van der Waals surface area contributed by atoms with Crippen LogP contribution in [0.4, 0.5) is 0 Å². The van der Waals surface area contributed by atoms with Crippen molar-refractivity contribution < 1.29 is 0 Å². The standard InChI is InChI=1S/C8H14N2S/c1-6-5-11-8(9-6)10-7-3-2-4-7/h6-7H,2-5H2,1H3,(H,9,10). The van der Waals surface area contributed by atoms with Gasteiger partial charge in [-0.2, -0.15) is 0 Å². The maximum Gasteiger partial charge on any atom is 0.157 e. The topological polar surface area (TPSA) is 24.4 Å². The fourth-order valence-corrected chi connectivity index (χ4v) is 2.25. The Bertz CT molecular complexity index is 175. The van der Waals surface area contributed by atoms with Crippen molar-refractivity contribution in [2.45, 2.75) is 38.3 Å². The lowest BCUT2D eigenvalue weighted by atomic mass is 9.94. The monoisotopic (exact) mass is 170 g/mol. The minimum atomic E-state index is 0.624. The first-order chi connectivity index (χ1) is 5.34. The highest BCUT2D eigenvalue weighted by atomic mass is 32.2. The van der Waals surface area contributed by atoms with Crippen LogP contribution in [0.2, 0.25) is 0 Å². The molecule has 3 heteroatoms. The van der Waals surface area contributed by atoms with Gasteiger partial charge in [0.05, 0.1) is 6.04 Å². The summed E-state index contributed by atoms with van der Waals surface area (Å²) in [5.41, 5.74) is 0. The summed E-state index contributed by atoms with van der Waals surface area (Å²) in [6, 6.07) is 1.27. The first kappa shape index (κ1) is 7.47. The molecule has 0 bridgehead atoms. The predicted octanol–water partition coefficient (Wildman–Crippen LogP) is 1.62. The molecule has 1 saturated carbocycles. The second kappa shape index (κ2) is 3.05. The number of rotatable bonds is 1. The molecule has 2 nitrogen and oxygen atoms in total. The van der Waals surface area contributed by atoms with Crippen molar-refractivity contribution in [3.63, 3.8) is 0 Å². The number of amidine groups is 1. The Kier molecular flexibility index (Phi) is 2.07. The average molecular weight is 170 g/mol. The van der Waals surface area contributed by atoms with Gasteiger partial charge >= 0.3 is 0 Å². The maximum absolute atomic E-state index is 4.60. The van der Waals surface area contributed by atoms with Crippen LogP contribution in [0.3, 0.4) is 0 Å². The van der Waals surface area contributed by atoms with Crippen LogP contribution in [0, 0.1) is 0 Å². The van der Waals surface area contributed by atoms with Crippen LogP contribution in [0.1, 0.15) is 26.2 Å². The zero-order valence-electron chi connectivity index (χ0n) is 6.84. The Balaban J connectivity index is 1.88. The molecule has 2 fully saturated rings. The Morgan fingerprint density at radius 3 is 2.82 bits per heavy atom. The van der Waals surface area contributed by atoms with E-state index in [0.29, 0.717) is 12.1 Å². The Hall–Kier alpha value is -0.180. The fraction of sp³-hybridized carbons (Fsp3) is 0.875. The SMILES string of the molecule is CC1CSC(=NC2CCC2)N1. The highest BCUT2D eigenvalue weighted by Gasteiger charge is 2.20. The van der Waals surface area contributed by atoms with E-state index in [4.69, 9.17) is 0 Å². The van der Waals surface area contributed by atoms with Gasteiger partial charge in [0.25, 0.3) is 0 Å². The Morgan fingerprint density at radius 2 is 2.36 bits per heavy atom. The minimum absolute atomic E-state index is 0.624. The van der Waals surface area contributed by atoms with Crippen molar-refractivity contribution in [1.82, 2.24) is 5.32 Å². The van der Waals surface area contributed by atoms with Crippen LogP contribution >= 0.6 is 11.8 Å². The lowest BCUT2D eigenvalue weighted by Gasteiger charge is -2.21. The van der Waals surface area contributed by atoms with E-state index in [0.717, 1.165) is 0 Å². The van der Waals surface area contributed by atoms with Crippen LogP contribution in [-0.2, 0) is 0 Å². The summed E-state index contributed by atoms with van der Waals surface area (Å²) < 4.78 is 0. The van der Waals surface area contributed by atoms with Gasteiger partial charge in [0.15, 0.2) is 5.17 Å². The smallest absolute Gasteiger partial charge is 0.157 e. The van der Waals surface area contributed by atoms with Crippen molar-refractivity contribution in [2.24, 2.45) is 4.99 Å². The quantitative estimate of drug-likeness (QED) is 0.646. The van der Waals surface area contributed by atoms with Crippen molar-refractivity contribution in [3.05, 3.63) is 0 Å². The molecule has 1 atom stereocenters. The van der Waals surface area contributed by atoms with Crippen LogP contribution in [0.15, 0.2) is 4.99 Å². The maximum atomic E-state index is 4.60. The summed E-state index contributed by atoms with van der Waals surface area (Å²) in [6.07, 6.45) is 3.99. The zero-order valence-corrected chi connectivity index (χ0v) is 7.66. The Labute approximate surface area is 71.9 Å². The molecule has 0 radical (unpaired) electrons. The van der Waals surface area contributed by atoms with Crippen LogP contribution in [0.5, 0.6) is 0 Å². The molecular weight excluding hydrogens is 156 g/mol. The fourth-order valence-electron chi connectivity index (χ4n) is 1.25. The summed E-state index contributed by atoms with van der Waals surface area (Å²) in [5.74, 6) is 1.19. The van der Waals surface area contributed by atoms with E-state index in [1.165, 1.54) is 30.2 Å². The van der Waals surface area contributed by atoms with Crippen LogP contribution in [0.25, 0.3) is 0 Å². The highest BCUT2D eigenvalue weighted by molar-refractivity contribution is 8.14. The molecule has 1 aliphatic carbocycles. The second-order valence-corrected chi connectivity index (χ2v) is 4.38. The van der Waals surface area contributed by atoms with Gasteiger partial charge in [0, 0.05) is 11.8 Å². The highest BCUT2D eigenvalue weighted by Crippen LogP contribution is 2.24. The zero-order chi connectivity index (χ0) is 7.68. The van der Waals surface area contributed by atoms with E-state index in [1.807, 2.05) is 11.8 Å². The molecule has 1 unspecified atom stereocenters. The summed E-state index contributed by atoms with van der Waals surface area (Å²) in [5, 5.41) is 4.55. The van der Waals surface area contributed by atoms with E-state index in [2.05, 4.69) is 17.2 Å². The van der Waals surface area contributed by atoms with Gasteiger partial charge in [0.2, 0.25) is 0 Å². The van der Waals surface area contributed by atoms with Gasteiger partial charge in [-0.1, -0.05) is 11.8 Å². The first-order valence-electron chi connectivity index (χ1n) is 4.32. The molecule has 0 aromatic rings. The third kappa shape index (κ3) is 1.70. The minimum Gasteiger partial charge on any atom is -0.362 e. The molecule has 2 aliphatic rings. The van der Waals surface area contributed by atoms with Crippen molar-refractivity contribution in [1.29, 1.82) is 0 Å². The van der Waals surface area contributed by atoms with Gasteiger partial charge in [-0.25, -0.2) is 0 Å². The van der Waals surface area contributed by atoms with Gasteiger partial charge in [-0.3, -0.25) is 4.99 Å². The first-order valence-corrected chi connectivity index (χ1v) is 5.30. The lowest BCUT2D eigenvalue weighted by molar-refractivity contribution is 0.420. The van der Waals surface area contributed by atoms with Crippen molar-refractivity contribution in [3.8, 4) is 0 Å². The number of aliphatic imine (C=N–C) groups is 1. The average Bonchev–Trinajstić information content (AvgIpc) is 2.27. The molecule has 62 valence electrons. The molecule has 0 aromatic carbocycles. The number of thioether (sulfide) groups is 1. The molecule has 11 heavy (non-hydrogen) atoms. The summed E-state index contributed by atoms with van der Waals surface area (Å²) >= 11 is 1.87. The van der Waals surface area contributed by atoms with Gasteiger partial charge in [-0.05, 0) is 26.2 Å². The van der Waals surface area contributed by atoms with Crippen LogP contribution in [-0.4, -0.2) is 23.0 Å². The number of hydrogen-bond acceptors (Lipinski definition) is 2. The molecule has 0 spiro atoms. The molecule has 1 saturated heterocycles. The van der Waals surface area contributed by atoms with E-state index >= 15 is 0 Å². The summed E-state index contributed by atoms with van der Waals surface area (Å²) in [7, 11) is 0. The van der Waals surface area contributed by atoms with E-state index < -0.39 is 0 Å². The van der Waals surface area contributed by atoms with Gasteiger partial charge < -0.3 is 5.32 Å². The molecule has 2 rings (SSSR count). The van der Waals surface area contributed by atoms with Crippen LogP contribution < -0.4 is 5.32 Å². The summed E-state index contributed by atoms with van der Waals surface area (Å²) in [4.78, 5) is 4.60. The molecule has 1 aliphatic heterocycles. The number of nitrogens with one attached hydrogen (secondary N) is 1. The van der Waals surface area contributed by atoms with E-state index in [1.54, 1.807) is 0 Å². The van der Waals surface area contributed by atoms with Crippen molar-refractivity contribution >= 4 is 16.9 Å². The Morgan fingerprint density at radius 1 is 1.55 bits per heavy atom. The molecule has 1 N–H and O–H groups in total. The molecule has 0 aromatic heterocycles. The van der Waals surface area contributed by atoms with E-state index in [9.17, 15) is 0 Å². The van der Waals surface area contributed by atoms with E-state index in [-0.39, 0.29) is 0 Å². The predicted molar refractivity (Wildman–Crippen MR) is 50.1 cm³/mol. The van der Waals surface area contributed by atoms with Crippen molar-refractivity contribution in [2.75, 3.05) is 5.75 Å². The lowest BCUT2D eigenvalue weighted by Crippen LogP contribution is -2.26.